The van der Waals surface area contributed by atoms with Gasteiger partial charge in [-0.05, 0) is 93.8 Å². The molecule has 6 unspecified atom stereocenters. The van der Waals surface area contributed by atoms with E-state index in [-0.39, 0.29) is 5.41 Å². The highest BCUT2D eigenvalue weighted by atomic mass is 14.4. The summed E-state index contributed by atoms with van der Waals surface area (Å²) in [6.45, 7) is 33.8. The Bertz CT molecular complexity index is 714. The van der Waals surface area contributed by atoms with Crippen LogP contribution in [0.25, 0.3) is 0 Å². The van der Waals surface area contributed by atoms with E-state index in [2.05, 4.69) is 106 Å². The molecule has 0 spiro atoms. The third-order valence-corrected chi connectivity index (χ3v) is 9.27. The summed E-state index contributed by atoms with van der Waals surface area (Å²) in [4.78, 5) is 0. The first kappa shape index (κ1) is 29.7. The SMILES string of the molecule is C=CC(C)(C=CC(C)CCC1C(=C)CCC(C)C1(C)C)CCC(C)C(C)=CCC(C)C(=C)C. The maximum Gasteiger partial charge on any atom is 0.00303 e. The fourth-order valence-electron chi connectivity index (χ4n) is 5.08. The maximum atomic E-state index is 4.45. The van der Waals surface area contributed by atoms with Crippen LogP contribution < -0.4 is 0 Å². The zero-order chi connectivity index (χ0) is 25.4. The van der Waals surface area contributed by atoms with Crippen molar-refractivity contribution < 1.29 is 0 Å². The molecule has 0 saturated heterocycles. The molecule has 0 heterocycles. The average Bonchev–Trinajstić information content (AvgIpc) is 2.76. The molecule has 1 aliphatic rings. The first-order valence-corrected chi connectivity index (χ1v) is 13.6. The lowest BCUT2D eigenvalue weighted by molar-refractivity contribution is 0.103. The van der Waals surface area contributed by atoms with E-state index in [1.807, 2.05) is 0 Å². The molecule has 0 aromatic heterocycles. The van der Waals surface area contributed by atoms with Crippen LogP contribution in [0.15, 0.2) is 60.8 Å². The van der Waals surface area contributed by atoms with E-state index >= 15 is 0 Å². The third-order valence-electron chi connectivity index (χ3n) is 9.27. The van der Waals surface area contributed by atoms with Crippen LogP contribution in [-0.4, -0.2) is 0 Å². The lowest BCUT2D eigenvalue weighted by atomic mass is 9.60. The first-order valence-electron chi connectivity index (χ1n) is 13.6. The maximum absolute atomic E-state index is 4.45. The number of hydrogen-bond donors (Lipinski definition) is 0. The van der Waals surface area contributed by atoms with Gasteiger partial charge in [-0.25, -0.2) is 0 Å². The highest BCUT2D eigenvalue weighted by molar-refractivity contribution is 5.13. The molecule has 0 amide bonds. The molecule has 0 bridgehead atoms. The predicted molar refractivity (Wildman–Crippen MR) is 151 cm³/mol. The first-order chi connectivity index (χ1) is 15.2. The Hall–Kier alpha value is -1.30. The van der Waals surface area contributed by atoms with Gasteiger partial charge in [0.25, 0.3) is 0 Å². The Morgan fingerprint density at radius 3 is 2.36 bits per heavy atom. The largest absolute Gasteiger partial charge is 0.102 e. The van der Waals surface area contributed by atoms with E-state index in [0.29, 0.717) is 29.1 Å². The normalized spacial score (nSPS) is 26.0. The standard InChI is InChI=1S/C33H56/c1-13-33(12,23-21-28(7)27(6)16-15-26(5)24(2)3)22-20-25(4)14-19-31-29(8)17-18-30(9)32(31,10)11/h13,16,20,22,25-26,28,30-31H,1-2,8,14-15,17-19,21,23H2,3-7,9-12H3. The Kier molecular flexibility index (Phi) is 11.7. The second-order valence-electron chi connectivity index (χ2n) is 12.5. The quantitative estimate of drug-likeness (QED) is 0.244. The van der Waals surface area contributed by atoms with Crippen molar-refractivity contribution in [2.45, 2.75) is 107 Å². The molecule has 1 fully saturated rings. The van der Waals surface area contributed by atoms with Crippen LogP contribution >= 0.6 is 0 Å². The highest BCUT2D eigenvalue weighted by Gasteiger charge is 2.39. The van der Waals surface area contributed by atoms with Crippen LogP contribution in [0.3, 0.4) is 0 Å². The van der Waals surface area contributed by atoms with Gasteiger partial charge in [0, 0.05) is 5.41 Å². The van der Waals surface area contributed by atoms with Crippen molar-refractivity contribution in [3.8, 4) is 0 Å². The second-order valence-corrected chi connectivity index (χ2v) is 12.5. The van der Waals surface area contributed by atoms with Crippen molar-refractivity contribution in [1.82, 2.24) is 0 Å². The molecule has 188 valence electrons. The highest BCUT2D eigenvalue weighted by Crippen LogP contribution is 2.49. The second kappa shape index (κ2) is 13.0. The fourth-order valence-corrected chi connectivity index (χ4v) is 5.08. The molecule has 1 saturated carbocycles. The molecule has 6 atom stereocenters. The monoisotopic (exact) mass is 452 g/mol. The van der Waals surface area contributed by atoms with Gasteiger partial charge in [-0.3, -0.25) is 0 Å². The van der Waals surface area contributed by atoms with Gasteiger partial charge in [-0.2, -0.15) is 0 Å². The summed E-state index contributed by atoms with van der Waals surface area (Å²) in [5.74, 6) is 3.20. The van der Waals surface area contributed by atoms with Crippen molar-refractivity contribution in [1.29, 1.82) is 0 Å². The Morgan fingerprint density at radius 2 is 1.79 bits per heavy atom. The Morgan fingerprint density at radius 1 is 1.15 bits per heavy atom. The molecular formula is C33H56. The van der Waals surface area contributed by atoms with Crippen LogP contribution in [0, 0.1) is 40.4 Å². The van der Waals surface area contributed by atoms with Gasteiger partial charge in [0.15, 0.2) is 0 Å². The molecule has 0 aromatic rings. The van der Waals surface area contributed by atoms with Crippen LogP contribution in [0.2, 0.25) is 0 Å². The summed E-state index contributed by atoms with van der Waals surface area (Å²) >= 11 is 0. The van der Waals surface area contributed by atoms with Crippen molar-refractivity contribution in [2.75, 3.05) is 0 Å². The predicted octanol–water partition coefficient (Wildman–Crippen LogP) is 10.7. The minimum absolute atomic E-state index is 0.0655. The molecule has 1 aliphatic carbocycles. The fraction of sp³-hybridized carbons (Fsp3) is 0.697. The van der Waals surface area contributed by atoms with Crippen molar-refractivity contribution >= 4 is 0 Å². The van der Waals surface area contributed by atoms with Gasteiger partial charge in [-0.1, -0.05) is 103 Å². The summed E-state index contributed by atoms with van der Waals surface area (Å²) in [5.41, 5.74) is 4.71. The zero-order valence-electron chi connectivity index (χ0n) is 23.8. The average molecular weight is 453 g/mol. The van der Waals surface area contributed by atoms with Gasteiger partial charge in [0.1, 0.15) is 0 Å². The van der Waals surface area contributed by atoms with E-state index in [1.54, 1.807) is 0 Å². The lowest BCUT2D eigenvalue weighted by Gasteiger charge is -2.45. The Balaban J connectivity index is 2.63. The van der Waals surface area contributed by atoms with E-state index in [1.165, 1.54) is 48.8 Å². The third kappa shape index (κ3) is 9.11. The van der Waals surface area contributed by atoms with Crippen molar-refractivity contribution in [3.63, 3.8) is 0 Å². The summed E-state index contributed by atoms with van der Waals surface area (Å²) in [6.07, 6.45) is 17.9. The van der Waals surface area contributed by atoms with Crippen LogP contribution in [0.5, 0.6) is 0 Å². The zero-order valence-corrected chi connectivity index (χ0v) is 23.8. The molecule has 33 heavy (non-hydrogen) atoms. The molecule has 0 aromatic carbocycles. The summed E-state index contributed by atoms with van der Waals surface area (Å²) in [7, 11) is 0. The summed E-state index contributed by atoms with van der Waals surface area (Å²) in [5, 5.41) is 0. The van der Waals surface area contributed by atoms with Crippen LogP contribution in [-0.2, 0) is 0 Å². The lowest BCUT2D eigenvalue weighted by Crippen LogP contribution is -2.36. The van der Waals surface area contributed by atoms with Crippen LogP contribution in [0.4, 0.5) is 0 Å². The molecule has 1 rings (SSSR count). The van der Waals surface area contributed by atoms with Gasteiger partial charge >= 0.3 is 0 Å². The molecule has 0 heteroatoms. The molecule has 0 nitrogen and oxygen atoms in total. The van der Waals surface area contributed by atoms with Gasteiger partial charge in [0.05, 0.1) is 0 Å². The molecule has 0 radical (unpaired) electrons. The minimum Gasteiger partial charge on any atom is -0.102 e. The van der Waals surface area contributed by atoms with Gasteiger partial charge in [0.2, 0.25) is 0 Å². The molecular weight excluding hydrogens is 396 g/mol. The van der Waals surface area contributed by atoms with Crippen molar-refractivity contribution in [3.05, 3.63) is 60.8 Å². The topological polar surface area (TPSA) is 0 Å². The van der Waals surface area contributed by atoms with E-state index in [4.69, 9.17) is 0 Å². The van der Waals surface area contributed by atoms with Gasteiger partial charge < -0.3 is 0 Å². The van der Waals surface area contributed by atoms with Crippen LogP contribution in [0.1, 0.15) is 107 Å². The summed E-state index contributed by atoms with van der Waals surface area (Å²) < 4.78 is 0. The van der Waals surface area contributed by atoms with E-state index in [0.717, 1.165) is 18.8 Å². The minimum atomic E-state index is 0.0655. The summed E-state index contributed by atoms with van der Waals surface area (Å²) in [6, 6.07) is 0. The number of rotatable bonds is 13. The van der Waals surface area contributed by atoms with E-state index < -0.39 is 0 Å². The van der Waals surface area contributed by atoms with E-state index in [9.17, 15) is 0 Å². The number of allylic oxidation sites excluding steroid dienone is 7. The number of hydrogen-bond acceptors (Lipinski definition) is 0. The van der Waals surface area contributed by atoms with Crippen molar-refractivity contribution in [2.24, 2.45) is 40.4 Å². The molecule has 0 aliphatic heterocycles. The van der Waals surface area contributed by atoms with Gasteiger partial charge in [-0.15, -0.1) is 6.58 Å². The smallest absolute Gasteiger partial charge is 0.00303 e. The molecule has 0 N–H and O–H groups in total. The Labute approximate surface area is 208 Å².